The molecule has 1 aliphatic rings. The lowest BCUT2D eigenvalue weighted by atomic mass is 10.3. The van der Waals surface area contributed by atoms with Gasteiger partial charge in [-0.15, -0.1) is 0 Å². The van der Waals surface area contributed by atoms with Crippen LogP contribution in [-0.4, -0.2) is 37.5 Å². The van der Waals surface area contributed by atoms with E-state index in [2.05, 4.69) is 4.74 Å². The predicted octanol–water partition coefficient (Wildman–Crippen LogP) is 1.12. The molecule has 0 saturated carbocycles. The monoisotopic (exact) mass is 204 g/mol. The summed E-state index contributed by atoms with van der Waals surface area (Å²) in [6.07, 6.45) is 3.38. The topological polar surface area (TPSA) is 55.8 Å². The van der Waals surface area contributed by atoms with Crippen molar-refractivity contribution < 1.29 is 19.4 Å². The van der Waals surface area contributed by atoms with Gasteiger partial charge in [0, 0.05) is 26.2 Å². The van der Waals surface area contributed by atoms with Crippen LogP contribution < -0.4 is 0 Å². The molecule has 0 aliphatic carbocycles. The highest BCUT2D eigenvalue weighted by atomic mass is 16.5. The average molecular weight is 204 g/mol. The molecule has 0 aromatic carbocycles. The van der Waals surface area contributed by atoms with Gasteiger partial charge in [-0.1, -0.05) is 0 Å². The fraction of sp³-hybridized carbons (Fsp3) is 0.900. The number of rotatable bonds is 4. The van der Waals surface area contributed by atoms with Crippen LogP contribution in [0.25, 0.3) is 0 Å². The van der Waals surface area contributed by atoms with E-state index >= 15 is 0 Å². The van der Waals surface area contributed by atoms with Gasteiger partial charge in [0.1, 0.15) is 0 Å². The Hall–Kier alpha value is -0.610. The van der Waals surface area contributed by atoms with Crippen LogP contribution in [0.3, 0.4) is 0 Å². The van der Waals surface area contributed by atoms with Crippen molar-refractivity contribution >= 4 is 5.97 Å². The van der Waals surface area contributed by atoms with Gasteiger partial charge < -0.3 is 14.6 Å². The maximum atomic E-state index is 10.5. The molecule has 0 aromatic rings. The zero-order valence-corrected chi connectivity index (χ0v) is 8.83. The second-order valence-electron chi connectivity index (χ2n) is 2.95. The normalized spacial score (nSPS) is 14.4. The molecule has 84 valence electrons. The smallest absolute Gasteiger partial charge is 0.305 e. The first-order valence-corrected chi connectivity index (χ1v) is 5.15. The highest BCUT2D eigenvalue weighted by Crippen LogP contribution is 1.98. The van der Waals surface area contributed by atoms with E-state index in [4.69, 9.17) is 9.84 Å². The Morgan fingerprint density at radius 1 is 1.43 bits per heavy atom. The number of aliphatic hydroxyl groups excluding tert-OH is 1. The maximum absolute atomic E-state index is 10.5. The molecule has 0 bridgehead atoms. The Morgan fingerprint density at radius 2 is 2.07 bits per heavy atom. The lowest BCUT2D eigenvalue weighted by Crippen LogP contribution is -2.03. The zero-order valence-electron chi connectivity index (χ0n) is 8.83. The van der Waals surface area contributed by atoms with Crippen molar-refractivity contribution in [1.82, 2.24) is 0 Å². The summed E-state index contributed by atoms with van der Waals surface area (Å²) in [5.41, 5.74) is 0. The molecule has 1 N–H and O–H groups in total. The Bertz CT molecular complexity index is 124. The third-order valence-corrected chi connectivity index (χ3v) is 1.67. The maximum Gasteiger partial charge on any atom is 0.305 e. The van der Waals surface area contributed by atoms with Crippen molar-refractivity contribution in [2.45, 2.75) is 32.6 Å². The lowest BCUT2D eigenvalue weighted by molar-refractivity contribution is -0.143. The van der Waals surface area contributed by atoms with Gasteiger partial charge in [0.25, 0.3) is 0 Å². The van der Waals surface area contributed by atoms with Crippen molar-refractivity contribution in [3.63, 3.8) is 0 Å². The van der Waals surface area contributed by atoms with Gasteiger partial charge in [0.2, 0.25) is 0 Å². The number of carbonyl (C=O) groups excluding carboxylic acids is 1. The fourth-order valence-electron chi connectivity index (χ4n) is 0.967. The summed E-state index contributed by atoms with van der Waals surface area (Å²) in [5.74, 6) is -0.230. The second kappa shape index (κ2) is 10.5. The first kappa shape index (κ1) is 13.4. The largest absolute Gasteiger partial charge is 0.466 e. The average Bonchev–Trinajstić information content (AvgIpc) is 2.73. The van der Waals surface area contributed by atoms with Gasteiger partial charge in [-0.05, 0) is 26.2 Å². The van der Waals surface area contributed by atoms with Crippen molar-refractivity contribution in [2.24, 2.45) is 0 Å². The van der Waals surface area contributed by atoms with Crippen molar-refractivity contribution in [2.75, 3.05) is 26.4 Å². The van der Waals surface area contributed by atoms with E-state index in [-0.39, 0.29) is 12.6 Å². The molecule has 0 aromatic heterocycles. The lowest BCUT2D eigenvalue weighted by Gasteiger charge is -1.97. The van der Waals surface area contributed by atoms with E-state index in [0.717, 1.165) is 13.2 Å². The Balaban J connectivity index is 0.000000280. The molecule has 0 unspecified atom stereocenters. The van der Waals surface area contributed by atoms with Crippen LogP contribution in [0.15, 0.2) is 0 Å². The molecular weight excluding hydrogens is 184 g/mol. The summed E-state index contributed by atoms with van der Waals surface area (Å²) in [7, 11) is 0. The van der Waals surface area contributed by atoms with Gasteiger partial charge in [-0.2, -0.15) is 0 Å². The molecule has 0 radical (unpaired) electrons. The molecule has 0 amide bonds. The molecule has 0 spiro atoms. The fourth-order valence-corrected chi connectivity index (χ4v) is 0.967. The Kier molecular flexibility index (Phi) is 10.0. The van der Waals surface area contributed by atoms with Crippen LogP contribution in [0.5, 0.6) is 0 Å². The number of aliphatic hydroxyl groups is 1. The third-order valence-electron chi connectivity index (χ3n) is 1.67. The summed E-state index contributed by atoms with van der Waals surface area (Å²) in [4.78, 5) is 10.5. The van der Waals surface area contributed by atoms with Crippen LogP contribution in [0.2, 0.25) is 0 Å². The van der Waals surface area contributed by atoms with E-state index < -0.39 is 0 Å². The first-order chi connectivity index (χ1) is 6.81. The highest BCUT2D eigenvalue weighted by molar-refractivity contribution is 5.69. The summed E-state index contributed by atoms with van der Waals surface area (Å²) < 4.78 is 9.54. The summed E-state index contributed by atoms with van der Waals surface area (Å²) in [5, 5.41) is 8.28. The van der Waals surface area contributed by atoms with E-state index in [1.54, 1.807) is 6.92 Å². The Labute approximate surface area is 85.2 Å². The van der Waals surface area contributed by atoms with Gasteiger partial charge >= 0.3 is 5.97 Å². The van der Waals surface area contributed by atoms with Crippen LogP contribution >= 0.6 is 0 Å². The number of esters is 1. The number of ether oxygens (including phenoxy) is 2. The molecular formula is C10H20O4. The summed E-state index contributed by atoms with van der Waals surface area (Å²) in [6.45, 7) is 4.24. The van der Waals surface area contributed by atoms with Gasteiger partial charge in [-0.3, -0.25) is 4.79 Å². The van der Waals surface area contributed by atoms with Gasteiger partial charge in [0.05, 0.1) is 6.61 Å². The first-order valence-electron chi connectivity index (χ1n) is 5.15. The van der Waals surface area contributed by atoms with Crippen molar-refractivity contribution in [3.8, 4) is 0 Å². The molecule has 1 saturated heterocycles. The molecule has 1 rings (SSSR count). The van der Waals surface area contributed by atoms with E-state index in [1.807, 2.05) is 0 Å². The quantitative estimate of drug-likeness (QED) is 0.697. The molecule has 14 heavy (non-hydrogen) atoms. The van der Waals surface area contributed by atoms with Gasteiger partial charge in [-0.25, -0.2) is 0 Å². The van der Waals surface area contributed by atoms with E-state index in [1.165, 1.54) is 12.8 Å². The molecule has 4 nitrogen and oxygen atoms in total. The van der Waals surface area contributed by atoms with Crippen LogP contribution in [0, 0.1) is 0 Å². The molecule has 1 heterocycles. The zero-order chi connectivity index (χ0) is 10.6. The van der Waals surface area contributed by atoms with Crippen molar-refractivity contribution in [1.29, 1.82) is 0 Å². The minimum Gasteiger partial charge on any atom is -0.466 e. The summed E-state index contributed by atoms with van der Waals surface area (Å²) in [6, 6.07) is 0. The van der Waals surface area contributed by atoms with E-state index in [0.29, 0.717) is 19.4 Å². The molecule has 1 aliphatic heterocycles. The Morgan fingerprint density at radius 3 is 2.43 bits per heavy atom. The molecule has 1 fully saturated rings. The number of hydrogen-bond acceptors (Lipinski definition) is 4. The van der Waals surface area contributed by atoms with Gasteiger partial charge in [0.15, 0.2) is 0 Å². The highest BCUT2D eigenvalue weighted by Gasteiger charge is 1.98. The molecule has 0 atom stereocenters. The second-order valence-corrected chi connectivity index (χ2v) is 2.95. The van der Waals surface area contributed by atoms with E-state index in [9.17, 15) is 4.79 Å². The van der Waals surface area contributed by atoms with Crippen LogP contribution in [0.1, 0.15) is 32.6 Å². The minimum atomic E-state index is -0.230. The SMILES string of the molecule is C1CCOC1.CCOC(=O)CCCO. The predicted molar refractivity (Wildman–Crippen MR) is 53.0 cm³/mol. The number of hydrogen-bond donors (Lipinski definition) is 1. The van der Waals surface area contributed by atoms with Crippen molar-refractivity contribution in [3.05, 3.63) is 0 Å². The standard InChI is InChI=1S/C6H12O3.C4H8O/c1-2-9-6(8)4-3-5-7;1-2-4-5-3-1/h7H,2-5H2,1H3;1-4H2. The summed E-state index contributed by atoms with van der Waals surface area (Å²) >= 11 is 0. The minimum absolute atomic E-state index is 0.0544. The van der Waals surface area contributed by atoms with Crippen LogP contribution in [-0.2, 0) is 14.3 Å². The third kappa shape index (κ3) is 9.48. The van der Waals surface area contributed by atoms with Crippen LogP contribution in [0.4, 0.5) is 0 Å². The number of carbonyl (C=O) groups is 1. The molecule has 4 heteroatoms.